The van der Waals surface area contributed by atoms with E-state index in [0.29, 0.717) is 23.3 Å². The van der Waals surface area contributed by atoms with Crippen LogP contribution in [-0.2, 0) is 22.7 Å². The Balaban J connectivity index is 1.41. The Bertz CT molecular complexity index is 1160. The number of ether oxygens (including phenoxy) is 1. The molecule has 5 rings (SSSR count). The molecular formula is C24H28ClN5O4. The first kappa shape index (κ1) is 22.9. The van der Waals surface area contributed by atoms with E-state index in [1.807, 2.05) is 18.2 Å². The molecule has 0 N–H and O–H groups in total. The lowest BCUT2D eigenvalue weighted by atomic mass is 9.81. The van der Waals surface area contributed by atoms with Crippen LogP contribution in [0.15, 0.2) is 35.1 Å². The van der Waals surface area contributed by atoms with E-state index in [9.17, 15) is 4.79 Å². The molecule has 1 aromatic carbocycles. The number of hydroxylamine groups is 2. The van der Waals surface area contributed by atoms with Crippen molar-refractivity contribution in [3.05, 3.63) is 58.8 Å². The van der Waals surface area contributed by atoms with Crippen molar-refractivity contribution in [2.24, 2.45) is 0 Å². The summed E-state index contributed by atoms with van der Waals surface area (Å²) in [5.41, 5.74) is 1.22. The molecule has 1 aliphatic carbocycles. The van der Waals surface area contributed by atoms with E-state index in [1.165, 1.54) is 0 Å². The second-order valence-electron chi connectivity index (χ2n) is 9.86. The number of fused-ring (bicyclic) bond motifs is 3. The summed E-state index contributed by atoms with van der Waals surface area (Å²) in [6.07, 6.45) is 6.47. The molecule has 1 fully saturated rings. The van der Waals surface area contributed by atoms with Crippen LogP contribution in [0, 0.1) is 0 Å². The number of carbonyl (C=O) groups is 1. The van der Waals surface area contributed by atoms with Gasteiger partial charge in [0.05, 0.1) is 25.0 Å². The third-order valence-corrected chi connectivity index (χ3v) is 6.42. The first-order valence-electron chi connectivity index (χ1n) is 11.5. The number of aromatic nitrogens is 4. The van der Waals surface area contributed by atoms with Gasteiger partial charge < -0.3 is 14.0 Å². The lowest BCUT2D eigenvalue weighted by Crippen LogP contribution is -2.31. The standard InChI is InChI=1S/C24H28ClN5O4/c1-24(2,3)33-23(31)34-29-13-17-12-18(25)8-9-19(17)30-20(14-29)27-28-21(30)15-4-6-16(7-5-15)22-26-10-11-32-22/h8-12,15-16H,4-7,13-14H2,1-3H3/t15-,16-. The molecule has 2 aromatic heterocycles. The molecule has 0 bridgehead atoms. The van der Waals surface area contributed by atoms with Crippen LogP contribution in [0.5, 0.6) is 0 Å². The number of rotatable bonds is 3. The Labute approximate surface area is 203 Å². The highest BCUT2D eigenvalue weighted by Gasteiger charge is 2.33. The number of oxazole rings is 1. The molecule has 0 spiro atoms. The van der Waals surface area contributed by atoms with Gasteiger partial charge in [-0.2, -0.15) is 0 Å². The van der Waals surface area contributed by atoms with Crippen LogP contribution in [0.25, 0.3) is 5.69 Å². The largest absolute Gasteiger partial charge is 0.528 e. The minimum Gasteiger partial charge on any atom is -0.449 e. The van der Waals surface area contributed by atoms with E-state index in [4.69, 9.17) is 25.6 Å². The maximum atomic E-state index is 12.3. The Kier molecular flexibility index (Phi) is 6.07. The molecule has 0 unspecified atom stereocenters. The minimum atomic E-state index is -0.755. The summed E-state index contributed by atoms with van der Waals surface area (Å²) in [4.78, 5) is 22.2. The average molecular weight is 486 g/mol. The van der Waals surface area contributed by atoms with Gasteiger partial charge in [0.25, 0.3) is 0 Å². The second-order valence-corrected chi connectivity index (χ2v) is 10.3. The SMILES string of the molecule is CC(C)(C)OC(=O)ON1Cc2cc(Cl)ccc2-n2c(nnc2[C@H]2CC[C@H](c3ncco3)CC2)C1. The van der Waals surface area contributed by atoms with Crippen LogP contribution >= 0.6 is 11.6 Å². The number of nitrogens with zero attached hydrogens (tertiary/aromatic N) is 5. The van der Waals surface area contributed by atoms with Gasteiger partial charge in [-0.1, -0.05) is 11.6 Å². The maximum Gasteiger partial charge on any atom is 0.528 e. The molecule has 0 atom stereocenters. The van der Waals surface area contributed by atoms with Crippen molar-refractivity contribution in [2.75, 3.05) is 0 Å². The van der Waals surface area contributed by atoms with Gasteiger partial charge in [-0.05, 0) is 70.2 Å². The minimum absolute atomic E-state index is 0.259. The molecule has 2 aliphatic rings. The zero-order valence-corrected chi connectivity index (χ0v) is 20.3. The van der Waals surface area contributed by atoms with Gasteiger partial charge in [0, 0.05) is 16.9 Å². The first-order valence-corrected chi connectivity index (χ1v) is 11.9. The summed E-state index contributed by atoms with van der Waals surface area (Å²) in [6.45, 7) is 6.03. The van der Waals surface area contributed by atoms with E-state index in [0.717, 1.165) is 48.6 Å². The summed E-state index contributed by atoms with van der Waals surface area (Å²) < 4.78 is 13.0. The number of benzene rings is 1. The van der Waals surface area contributed by atoms with E-state index in [2.05, 4.69) is 19.7 Å². The summed E-state index contributed by atoms with van der Waals surface area (Å²) in [5.74, 6) is 3.03. The zero-order chi connectivity index (χ0) is 23.9. The molecular weight excluding hydrogens is 458 g/mol. The average Bonchev–Trinajstić information content (AvgIpc) is 3.41. The van der Waals surface area contributed by atoms with Crippen molar-refractivity contribution >= 4 is 17.8 Å². The monoisotopic (exact) mass is 485 g/mol. The molecule has 1 aliphatic heterocycles. The van der Waals surface area contributed by atoms with Crippen LogP contribution in [-0.4, -0.2) is 36.6 Å². The Morgan fingerprint density at radius 1 is 1.12 bits per heavy atom. The second kappa shape index (κ2) is 9.03. The van der Waals surface area contributed by atoms with E-state index in [1.54, 1.807) is 38.3 Å². The Hall–Kier alpha value is -2.91. The third kappa shape index (κ3) is 4.81. The molecule has 0 amide bonds. The van der Waals surface area contributed by atoms with Gasteiger partial charge in [0.2, 0.25) is 0 Å². The van der Waals surface area contributed by atoms with E-state index in [-0.39, 0.29) is 12.5 Å². The fraction of sp³-hybridized carbons (Fsp3) is 0.500. The van der Waals surface area contributed by atoms with Crippen LogP contribution in [0.2, 0.25) is 5.02 Å². The predicted molar refractivity (Wildman–Crippen MR) is 123 cm³/mol. The van der Waals surface area contributed by atoms with Gasteiger partial charge in [0.1, 0.15) is 17.7 Å². The van der Waals surface area contributed by atoms with Crippen molar-refractivity contribution in [1.82, 2.24) is 24.8 Å². The molecule has 10 heteroatoms. The summed E-state index contributed by atoms with van der Waals surface area (Å²) in [6, 6.07) is 5.72. The molecule has 0 saturated heterocycles. The van der Waals surface area contributed by atoms with Crippen LogP contribution in [0.1, 0.15) is 81.4 Å². The highest BCUT2D eigenvalue weighted by atomic mass is 35.5. The van der Waals surface area contributed by atoms with Gasteiger partial charge in [0.15, 0.2) is 11.7 Å². The number of hydrogen-bond acceptors (Lipinski definition) is 8. The lowest BCUT2D eigenvalue weighted by molar-refractivity contribution is -0.155. The normalized spacial score (nSPS) is 20.8. The number of halogens is 1. The molecule has 1 saturated carbocycles. The molecule has 34 heavy (non-hydrogen) atoms. The summed E-state index contributed by atoms with van der Waals surface area (Å²) >= 11 is 6.32. The van der Waals surface area contributed by atoms with Gasteiger partial charge in [-0.25, -0.2) is 9.78 Å². The molecule has 0 radical (unpaired) electrons. The van der Waals surface area contributed by atoms with Gasteiger partial charge in [-0.3, -0.25) is 4.57 Å². The highest BCUT2D eigenvalue weighted by Crippen LogP contribution is 2.41. The van der Waals surface area contributed by atoms with Gasteiger partial charge >= 0.3 is 6.16 Å². The van der Waals surface area contributed by atoms with Crippen molar-refractivity contribution in [3.8, 4) is 5.69 Å². The fourth-order valence-electron chi connectivity index (χ4n) is 4.74. The highest BCUT2D eigenvalue weighted by molar-refractivity contribution is 6.30. The maximum absolute atomic E-state index is 12.3. The van der Waals surface area contributed by atoms with Crippen LogP contribution in [0.4, 0.5) is 4.79 Å². The molecule has 180 valence electrons. The van der Waals surface area contributed by atoms with Gasteiger partial charge in [-0.15, -0.1) is 15.3 Å². The molecule has 9 nitrogen and oxygen atoms in total. The molecule has 3 aromatic rings. The number of hydrogen-bond donors (Lipinski definition) is 0. The van der Waals surface area contributed by atoms with Crippen molar-refractivity contribution < 1.29 is 18.8 Å². The van der Waals surface area contributed by atoms with Crippen molar-refractivity contribution in [1.29, 1.82) is 0 Å². The lowest BCUT2D eigenvalue weighted by Gasteiger charge is -2.26. The van der Waals surface area contributed by atoms with Crippen molar-refractivity contribution in [3.63, 3.8) is 0 Å². The predicted octanol–water partition coefficient (Wildman–Crippen LogP) is 5.53. The quantitative estimate of drug-likeness (QED) is 0.446. The smallest absolute Gasteiger partial charge is 0.449 e. The zero-order valence-electron chi connectivity index (χ0n) is 19.5. The Morgan fingerprint density at radius 3 is 2.59 bits per heavy atom. The molecule has 3 heterocycles. The number of carbonyl (C=O) groups excluding carboxylic acids is 1. The summed E-state index contributed by atoms with van der Waals surface area (Å²) in [7, 11) is 0. The fourth-order valence-corrected chi connectivity index (χ4v) is 4.93. The van der Waals surface area contributed by atoms with Crippen molar-refractivity contribution in [2.45, 2.75) is 77.0 Å². The topological polar surface area (TPSA) is 95.5 Å². The van der Waals surface area contributed by atoms with Crippen LogP contribution < -0.4 is 0 Å². The summed E-state index contributed by atoms with van der Waals surface area (Å²) in [5, 5.41) is 11.2. The first-order chi connectivity index (χ1) is 16.3. The van der Waals surface area contributed by atoms with E-state index >= 15 is 0 Å². The van der Waals surface area contributed by atoms with Crippen LogP contribution in [0.3, 0.4) is 0 Å². The van der Waals surface area contributed by atoms with E-state index < -0.39 is 11.8 Å². The Morgan fingerprint density at radius 2 is 1.88 bits per heavy atom. The third-order valence-electron chi connectivity index (χ3n) is 6.19.